The first-order chi connectivity index (χ1) is 14.9. The third-order valence-electron chi connectivity index (χ3n) is 5.18. The standard InChI is InChI=1S/C25H27FO5/c1-17-8-7-12-20(27)11-4-2-3-9-18-14-21(15-23(28)24(18)25(29)31-17)30-16-19-10-5-6-13-22(19)26/h3,5-6,9-10,13-15,17,28H,2,4,7-8,11-12,16H2,1H3. The summed E-state index contributed by atoms with van der Waals surface area (Å²) >= 11 is 0. The first kappa shape index (κ1) is 22.5. The normalized spacial score (nSPS) is 18.1. The van der Waals surface area contributed by atoms with Gasteiger partial charge in [0.15, 0.2) is 0 Å². The van der Waals surface area contributed by atoms with Crippen LogP contribution in [0.25, 0.3) is 6.08 Å². The Morgan fingerprint density at radius 1 is 1.16 bits per heavy atom. The van der Waals surface area contributed by atoms with E-state index in [2.05, 4.69) is 0 Å². The Balaban J connectivity index is 1.86. The molecule has 0 saturated carbocycles. The summed E-state index contributed by atoms with van der Waals surface area (Å²) in [5.74, 6) is -0.747. The van der Waals surface area contributed by atoms with E-state index < -0.39 is 5.97 Å². The van der Waals surface area contributed by atoms with Crippen molar-refractivity contribution >= 4 is 17.8 Å². The molecule has 0 aliphatic carbocycles. The zero-order valence-corrected chi connectivity index (χ0v) is 17.6. The summed E-state index contributed by atoms with van der Waals surface area (Å²) in [6, 6.07) is 9.24. The number of Topliss-reactive ketones (excluding diaryl/α,β-unsaturated/α-hetero) is 1. The number of carbonyl (C=O) groups excluding carboxylic acids is 2. The molecular weight excluding hydrogens is 399 g/mol. The number of phenols is 1. The lowest BCUT2D eigenvalue weighted by Crippen LogP contribution is -2.17. The summed E-state index contributed by atoms with van der Waals surface area (Å²) in [5, 5.41) is 10.6. The molecular formula is C25H27FO5. The van der Waals surface area contributed by atoms with Crippen LogP contribution >= 0.6 is 0 Å². The van der Waals surface area contributed by atoms with Gasteiger partial charge in [-0.3, -0.25) is 4.79 Å². The van der Waals surface area contributed by atoms with Crippen LogP contribution in [0, 0.1) is 5.82 Å². The topological polar surface area (TPSA) is 72.8 Å². The van der Waals surface area contributed by atoms with Crippen LogP contribution in [0.5, 0.6) is 11.5 Å². The second-order valence-electron chi connectivity index (χ2n) is 7.73. The van der Waals surface area contributed by atoms with E-state index in [1.165, 1.54) is 12.1 Å². The molecule has 0 amide bonds. The number of fused-ring (bicyclic) bond motifs is 1. The van der Waals surface area contributed by atoms with Gasteiger partial charge in [-0.2, -0.15) is 0 Å². The van der Waals surface area contributed by atoms with Gasteiger partial charge >= 0.3 is 5.97 Å². The number of phenolic OH excluding ortho intramolecular Hbond substituents is 1. The number of halogens is 1. The second-order valence-corrected chi connectivity index (χ2v) is 7.73. The monoisotopic (exact) mass is 426 g/mol. The molecule has 164 valence electrons. The minimum atomic E-state index is -0.631. The number of carbonyl (C=O) groups is 2. The van der Waals surface area contributed by atoms with Crippen molar-refractivity contribution in [3.63, 3.8) is 0 Å². The van der Waals surface area contributed by atoms with Gasteiger partial charge in [0.2, 0.25) is 0 Å². The number of benzene rings is 2. The minimum absolute atomic E-state index is 0.0157. The number of ether oxygens (including phenoxy) is 2. The number of allylic oxidation sites excluding steroid dienone is 1. The highest BCUT2D eigenvalue weighted by molar-refractivity contribution is 5.97. The van der Waals surface area contributed by atoms with Gasteiger partial charge in [-0.05, 0) is 50.3 Å². The minimum Gasteiger partial charge on any atom is -0.507 e. The highest BCUT2D eigenvalue weighted by Gasteiger charge is 2.21. The number of ketones is 1. The number of cyclic esters (lactones) is 1. The quantitative estimate of drug-likeness (QED) is 0.648. The van der Waals surface area contributed by atoms with Crippen molar-refractivity contribution in [2.24, 2.45) is 0 Å². The Kier molecular flexibility index (Phi) is 7.82. The van der Waals surface area contributed by atoms with Crippen LogP contribution in [0.1, 0.15) is 66.9 Å². The maximum Gasteiger partial charge on any atom is 0.342 e. The van der Waals surface area contributed by atoms with E-state index in [1.807, 2.05) is 6.08 Å². The average molecular weight is 426 g/mol. The van der Waals surface area contributed by atoms with E-state index in [1.54, 1.807) is 37.3 Å². The number of hydrogen-bond donors (Lipinski definition) is 1. The molecule has 0 spiro atoms. The van der Waals surface area contributed by atoms with E-state index in [9.17, 15) is 19.1 Å². The second kappa shape index (κ2) is 10.8. The van der Waals surface area contributed by atoms with E-state index in [-0.39, 0.29) is 35.6 Å². The first-order valence-corrected chi connectivity index (χ1v) is 10.6. The predicted molar refractivity (Wildman–Crippen MR) is 115 cm³/mol. The Hall–Kier alpha value is -3.15. The smallest absolute Gasteiger partial charge is 0.342 e. The largest absolute Gasteiger partial charge is 0.507 e. The highest BCUT2D eigenvalue weighted by atomic mass is 19.1. The van der Waals surface area contributed by atoms with Crippen molar-refractivity contribution in [3.05, 3.63) is 65.0 Å². The summed E-state index contributed by atoms with van der Waals surface area (Å²) in [6.07, 6.45) is 6.81. The fraction of sp³-hybridized carbons (Fsp3) is 0.360. The number of rotatable bonds is 3. The summed E-state index contributed by atoms with van der Waals surface area (Å²) < 4.78 is 25.0. The molecule has 0 aromatic heterocycles. The van der Waals surface area contributed by atoms with Gasteiger partial charge in [-0.25, -0.2) is 9.18 Å². The van der Waals surface area contributed by atoms with Gasteiger partial charge in [0.1, 0.15) is 35.3 Å². The predicted octanol–water partition coefficient (Wildman–Crippen LogP) is 5.59. The van der Waals surface area contributed by atoms with Crippen LogP contribution in [-0.4, -0.2) is 23.0 Å². The maximum atomic E-state index is 13.9. The molecule has 0 saturated heterocycles. The van der Waals surface area contributed by atoms with Gasteiger partial charge in [0, 0.05) is 24.5 Å². The third kappa shape index (κ3) is 6.41. The molecule has 1 aliphatic rings. The summed E-state index contributed by atoms with van der Waals surface area (Å²) in [5.41, 5.74) is 0.897. The highest BCUT2D eigenvalue weighted by Crippen LogP contribution is 2.31. The lowest BCUT2D eigenvalue weighted by atomic mass is 10.0. The van der Waals surface area contributed by atoms with Crippen LogP contribution in [0.15, 0.2) is 42.5 Å². The molecule has 1 N–H and O–H groups in total. The van der Waals surface area contributed by atoms with Crippen LogP contribution in [-0.2, 0) is 16.1 Å². The van der Waals surface area contributed by atoms with Crippen molar-refractivity contribution in [1.29, 1.82) is 0 Å². The lowest BCUT2D eigenvalue weighted by Gasteiger charge is -2.16. The molecule has 2 aromatic rings. The molecule has 5 nitrogen and oxygen atoms in total. The molecule has 31 heavy (non-hydrogen) atoms. The molecule has 1 aliphatic heterocycles. The van der Waals surface area contributed by atoms with Gasteiger partial charge in [0.25, 0.3) is 0 Å². The van der Waals surface area contributed by atoms with Crippen LogP contribution in [0.3, 0.4) is 0 Å². The fourth-order valence-corrected chi connectivity index (χ4v) is 3.48. The Labute approximate surface area is 181 Å². The third-order valence-corrected chi connectivity index (χ3v) is 5.18. The molecule has 0 fully saturated rings. The molecule has 1 heterocycles. The van der Waals surface area contributed by atoms with E-state index >= 15 is 0 Å². The van der Waals surface area contributed by atoms with E-state index in [4.69, 9.17) is 9.47 Å². The van der Waals surface area contributed by atoms with Crippen molar-refractivity contribution in [2.75, 3.05) is 0 Å². The molecule has 0 radical (unpaired) electrons. The van der Waals surface area contributed by atoms with Crippen LogP contribution < -0.4 is 4.74 Å². The fourth-order valence-electron chi connectivity index (χ4n) is 3.48. The van der Waals surface area contributed by atoms with Gasteiger partial charge < -0.3 is 14.6 Å². The van der Waals surface area contributed by atoms with Gasteiger partial charge in [-0.15, -0.1) is 0 Å². The molecule has 1 atom stereocenters. The Morgan fingerprint density at radius 3 is 2.74 bits per heavy atom. The zero-order chi connectivity index (χ0) is 22.2. The van der Waals surface area contributed by atoms with Crippen LogP contribution in [0.2, 0.25) is 0 Å². The first-order valence-electron chi connectivity index (χ1n) is 10.6. The molecule has 3 rings (SSSR count). The van der Waals surface area contributed by atoms with Crippen LogP contribution in [0.4, 0.5) is 4.39 Å². The van der Waals surface area contributed by atoms with E-state index in [0.29, 0.717) is 49.0 Å². The molecule has 6 heteroatoms. The van der Waals surface area contributed by atoms with Gasteiger partial charge in [-0.1, -0.05) is 30.4 Å². The molecule has 1 unspecified atom stereocenters. The van der Waals surface area contributed by atoms with Crippen molar-refractivity contribution < 1.29 is 28.6 Å². The number of esters is 1. The van der Waals surface area contributed by atoms with E-state index in [0.717, 1.165) is 6.42 Å². The molecule has 0 bridgehead atoms. The summed E-state index contributed by atoms with van der Waals surface area (Å²) in [7, 11) is 0. The Bertz CT molecular complexity index is 966. The summed E-state index contributed by atoms with van der Waals surface area (Å²) in [6.45, 7) is 1.75. The van der Waals surface area contributed by atoms with Gasteiger partial charge in [0.05, 0.1) is 6.10 Å². The zero-order valence-electron chi connectivity index (χ0n) is 17.6. The summed E-state index contributed by atoms with van der Waals surface area (Å²) in [4.78, 5) is 24.6. The Morgan fingerprint density at radius 2 is 1.94 bits per heavy atom. The number of hydrogen-bond acceptors (Lipinski definition) is 5. The van der Waals surface area contributed by atoms with Crippen molar-refractivity contribution in [1.82, 2.24) is 0 Å². The van der Waals surface area contributed by atoms with Crippen molar-refractivity contribution in [3.8, 4) is 11.5 Å². The number of aromatic hydroxyl groups is 1. The van der Waals surface area contributed by atoms with Crippen molar-refractivity contribution in [2.45, 2.75) is 58.2 Å². The lowest BCUT2D eigenvalue weighted by molar-refractivity contribution is -0.119. The SMILES string of the molecule is CC1CCCC(=O)CCCC=Cc2cc(OCc3ccccc3F)cc(O)c2C(=O)O1. The maximum absolute atomic E-state index is 13.9. The molecule has 2 aromatic carbocycles. The average Bonchev–Trinajstić information content (AvgIpc) is 2.72.